The molecule has 0 aliphatic carbocycles. The van der Waals surface area contributed by atoms with E-state index in [0.717, 1.165) is 17.3 Å². The highest BCUT2D eigenvalue weighted by atomic mass is 35.5. The van der Waals surface area contributed by atoms with E-state index in [9.17, 15) is 14.9 Å². The molecule has 6 nitrogen and oxygen atoms in total. The number of hydrogen-bond acceptors (Lipinski definition) is 5. The van der Waals surface area contributed by atoms with Gasteiger partial charge in [-0.25, -0.2) is 4.99 Å². The molecule has 1 heterocycles. The van der Waals surface area contributed by atoms with E-state index >= 15 is 0 Å². The van der Waals surface area contributed by atoms with Crippen molar-refractivity contribution in [3.05, 3.63) is 72.6 Å². The van der Waals surface area contributed by atoms with Gasteiger partial charge in [0.2, 0.25) is 0 Å². The zero-order valence-corrected chi connectivity index (χ0v) is 15.7. The van der Waals surface area contributed by atoms with E-state index in [-0.39, 0.29) is 16.6 Å². The zero-order valence-electron chi connectivity index (χ0n) is 13.3. The molecule has 1 fully saturated rings. The number of nitro groups is 1. The van der Waals surface area contributed by atoms with Gasteiger partial charge in [-0.2, -0.15) is 0 Å². The lowest BCUT2D eigenvalue weighted by atomic mass is 10.2. The number of thioether (sulfide) groups is 1. The first-order chi connectivity index (χ1) is 12.3. The van der Waals surface area contributed by atoms with Crippen LogP contribution in [0.5, 0.6) is 0 Å². The number of halogens is 2. The molecule has 0 aromatic heterocycles. The van der Waals surface area contributed by atoms with Crippen molar-refractivity contribution >= 4 is 63.5 Å². The van der Waals surface area contributed by atoms with Crippen molar-refractivity contribution in [1.82, 2.24) is 5.32 Å². The summed E-state index contributed by atoms with van der Waals surface area (Å²) in [5.41, 5.74) is 1.86. The largest absolute Gasteiger partial charge is 0.300 e. The summed E-state index contributed by atoms with van der Waals surface area (Å²) in [5.74, 6) is -0.321. The topological polar surface area (TPSA) is 84.6 Å². The Morgan fingerprint density at radius 2 is 2.00 bits per heavy atom. The van der Waals surface area contributed by atoms with E-state index in [0.29, 0.717) is 26.3 Å². The first-order valence-electron chi connectivity index (χ1n) is 7.33. The van der Waals surface area contributed by atoms with Gasteiger partial charge >= 0.3 is 0 Å². The van der Waals surface area contributed by atoms with E-state index in [2.05, 4.69) is 10.3 Å². The van der Waals surface area contributed by atoms with E-state index in [1.807, 2.05) is 6.92 Å². The van der Waals surface area contributed by atoms with Crippen LogP contribution in [0, 0.1) is 17.0 Å². The summed E-state index contributed by atoms with van der Waals surface area (Å²) in [5, 5.41) is 14.7. The number of aliphatic imine (C=N–C) groups is 1. The first-order valence-corrected chi connectivity index (χ1v) is 8.90. The SMILES string of the molecule is Cc1cc(Cl)ccc1N=C1NC(=O)/C(=C/c2ccc(Cl)c([N+](=O)[O-])c2)S1. The van der Waals surface area contributed by atoms with Crippen LogP contribution in [0.2, 0.25) is 10.0 Å². The highest BCUT2D eigenvalue weighted by Crippen LogP contribution is 2.31. The van der Waals surface area contributed by atoms with Gasteiger partial charge in [0.1, 0.15) is 5.02 Å². The van der Waals surface area contributed by atoms with Crippen molar-refractivity contribution < 1.29 is 9.72 Å². The van der Waals surface area contributed by atoms with Crippen LogP contribution in [0.1, 0.15) is 11.1 Å². The summed E-state index contributed by atoms with van der Waals surface area (Å²) < 4.78 is 0. The molecule has 0 bridgehead atoms. The Morgan fingerprint density at radius 1 is 1.23 bits per heavy atom. The van der Waals surface area contributed by atoms with E-state index in [1.54, 1.807) is 30.3 Å². The predicted molar refractivity (Wildman–Crippen MR) is 105 cm³/mol. The van der Waals surface area contributed by atoms with E-state index in [1.165, 1.54) is 12.1 Å². The number of amidine groups is 1. The lowest BCUT2D eigenvalue weighted by molar-refractivity contribution is -0.384. The second kappa shape index (κ2) is 7.49. The number of amides is 1. The number of nitrogens with one attached hydrogen (secondary N) is 1. The van der Waals surface area contributed by atoms with Crippen LogP contribution < -0.4 is 5.32 Å². The molecule has 9 heteroatoms. The molecule has 132 valence electrons. The van der Waals surface area contributed by atoms with Crippen LogP contribution in [0.25, 0.3) is 6.08 Å². The van der Waals surface area contributed by atoms with E-state index in [4.69, 9.17) is 23.2 Å². The minimum atomic E-state index is -0.567. The van der Waals surface area contributed by atoms with Crippen LogP contribution in [0.3, 0.4) is 0 Å². The molecule has 1 aliphatic rings. The summed E-state index contributed by atoms with van der Waals surface area (Å²) in [6.45, 7) is 1.87. The molecular weight excluding hydrogens is 397 g/mol. The summed E-state index contributed by atoms with van der Waals surface area (Å²) in [6.07, 6.45) is 1.56. The fourth-order valence-corrected chi connectivity index (χ4v) is 3.49. The number of nitrogens with zero attached hydrogens (tertiary/aromatic N) is 2. The molecule has 0 radical (unpaired) electrons. The highest BCUT2D eigenvalue weighted by Gasteiger charge is 2.24. The van der Waals surface area contributed by atoms with Crippen LogP contribution in [0.4, 0.5) is 11.4 Å². The summed E-state index contributed by atoms with van der Waals surface area (Å²) >= 11 is 12.9. The van der Waals surface area contributed by atoms with Crippen molar-refractivity contribution in [1.29, 1.82) is 0 Å². The van der Waals surface area contributed by atoms with Gasteiger partial charge in [-0.05, 0) is 60.2 Å². The number of aryl methyl sites for hydroxylation is 1. The maximum atomic E-state index is 12.1. The van der Waals surface area contributed by atoms with Gasteiger partial charge in [0.05, 0.1) is 15.5 Å². The third-order valence-electron chi connectivity index (χ3n) is 3.50. The van der Waals surface area contributed by atoms with Crippen molar-refractivity contribution in [3.8, 4) is 0 Å². The molecule has 3 rings (SSSR count). The van der Waals surface area contributed by atoms with Crippen molar-refractivity contribution in [2.24, 2.45) is 4.99 Å². The van der Waals surface area contributed by atoms with Gasteiger partial charge in [0.25, 0.3) is 11.6 Å². The third-order valence-corrected chi connectivity index (χ3v) is 4.96. The Kier molecular flexibility index (Phi) is 5.31. The lowest BCUT2D eigenvalue weighted by Crippen LogP contribution is -2.19. The molecular formula is C17H11Cl2N3O3S. The highest BCUT2D eigenvalue weighted by molar-refractivity contribution is 8.18. The summed E-state index contributed by atoms with van der Waals surface area (Å²) in [7, 11) is 0. The Hall–Kier alpha value is -2.35. The van der Waals surface area contributed by atoms with Gasteiger partial charge in [-0.1, -0.05) is 29.3 Å². The fraction of sp³-hybridized carbons (Fsp3) is 0.0588. The maximum Gasteiger partial charge on any atom is 0.288 e. The van der Waals surface area contributed by atoms with Crippen molar-refractivity contribution in [2.45, 2.75) is 6.92 Å². The average molecular weight is 408 g/mol. The quantitative estimate of drug-likeness (QED) is 0.435. The van der Waals surface area contributed by atoms with Crippen LogP contribution in [-0.4, -0.2) is 16.0 Å². The fourth-order valence-electron chi connectivity index (χ4n) is 2.25. The molecule has 26 heavy (non-hydrogen) atoms. The number of hydrogen-bond donors (Lipinski definition) is 1. The Balaban J connectivity index is 1.88. The molecule has 1 N–H and O–H groups in total. The average Bonchev–Trinajstić information content (AvgIpc) is 2.91. The van der Waals surface area contributed by atoms with Gasteiger partial charge in [-0.15, -0.1) is 0 Å². The van der Waals surface area contributed by atoms with Crippen LogP contribution >= 0.6 is 35.0 Å². The van der Waals surface area contributed by atoms with Gasteiger partial charge < -0.3 is 5.32 Å². The van der Waals surface area contributed by atoms with E-state index < -0.39 is 4.92 Å². The minimum absolute atomic E-state index is 0.0427. The zero-order chi connectivity index (χ0) is 18.8. The summed E-state index contributed by atoms with van der Waals surface area (Å²) in [6, 6.07) is 9.62. The molecule has 0 saturated carbocycles. The third kappa shape index (κ3) is 4.07. The predicted octanol–water partition coefficient (Wildman–Crippen LogP) is 5.10. The number of carbonyl (C=O) groups excluding carboxylic acids is 1. The number of nitro benzene ring substituents is 1. The maximum absolute atomic E-state index is 12.1. The number of benzene rings is 2. The van der Waals surface area contributed by atoms with Crippen molar-refractivity contribution in [3.63, 3.8) is 0 Å². The molecule has 2 aromatic carbocycles. The number of rotatable bonds is 3. The Bertz CT molecular complexity index is 989. The lowest BCUT2D eigenvalue weighted by Gasteiger charge is -2.01. The standard InChI is InChI=1S/C17H11Cl2N3O3S/c1-9-6-11(18)3-5-13(9)20-17-21-16(23)15(26-17)8-10-2-4-12(19)14(7-10)22(24)25/h2-8H,1H3,(H,20,21,23)/b15-8-. The molecule has 0 atom stereocenters. The summed E-state index contributed by atoms with van der Waals surface area (Å²) in [4.78, 5) is 27.4. The second-order valence-corrected chi connectivity index (χ2v) is 7.25. The van der Waals surface area contributed by atoms with Gasteiger partial charge in [0.15, 0.2) is 5.17 Å². The molecule has 1 aliphatic heterocycles. The van der Waals surface area contributed by atoms with Crippen molar-refractivity contribution in [2.75, 3.05) is 0 Å². The van der Waals surface area contributed by atoms with Gasteiger partial charge in [0, 0.05) is 11.1 Å². The molecule has 1 saturated heterocycles. The molecule has 0 spiro atoms. The van der Waals surface area contributed by atoms with Gasteiger partial charge in [-0.3, -0.25) is 14.9 Å². The minimum Gasteiger partial charge on any atom is -0.300 e. The smallest absolute Gasteiger partial charge is 0.288 e. The molecule has 0 unspecified atom stereocenters. The first kappa shape index (κ1) is 18.4. The Labute approximate surface area is 163 Å². The van der Waals surface area contributed by atoms with Crippen LogP contribution in [0.15, 0.2) is 46.3 Å². The number of carbonyl (C=O) groups is 1. The molecule has 1 amide bonds. The monoisotopic (exact) mass is 407 g/mol. The van der Waals surface area contributed by atoms with Crippen LogP contribution in [-0.2, 0) is 4.79 Å². The Morgan fingerprint density at radius 3 is 2.69 bits per heavy atom. The molecule has 2 aromatic rings. The normalized spacial score (nSPS) is 17.0. The second-order valence-electron chi connectivity index (χ2n) is 5.38.